The van der Waals surface area contributed by atoms with Gasteiger partial charge in [0.1, 0.15) is 9.75 Å². The Labute approximate surface area is 184 Å². The average Bonchev–Trinajstić information content (AvgIpc) is 3.24. The van der Waals surface area contributed by atoms with Crippen molar-refractivity contribution < 1.29 is 18.3 Å². The predicted molar refractivity (Wildman–Crippen MR) is 114 cm³/mol. The molecule has 3 atom stereocenters. The van der Waals surface area contributed by atoms with Crippen molar-refractivity contribution in [3.63, 3.8) is 0 Å². The van der Waals surface area contributed by atoms with Crippen LogP contribution < -0.4 is 5.32 Å². The van der Waals surface area contributed by atoms with Crippen molar-refractivity contribution in [1.82, 2.24) is 9.62 Å². The molecule has 1 aliphatic heterocycles. The quantitative estimate of drug-likeness (QED) is 0.661. The third-order valence-electron chi connectivity index (χ3n) is 7.70. The fourth-order valence-electron chi connectivity index (χ4n) is 6.62. The number of carbonyl (C=O) groups excluding carboxylic acids is 1. The van der Waals surface area contributed by atoms with E-state index >= 15 is 0 Å². The van der Waals surface area contributed by atoms with Crippen molar-refractivity contribution in [2.45, 2.75) is 73.3 Å². The molecule has 4 saturated carbocycles. The smallest absolute Gasteiger partial charge is 0.253 e. The van der Waals surface area contributed by atoms with E-state index in [1.165, 1.54) is 15.6 Å². The van der Waals surface area contributed by atoms with E-state index in [2.05, 4.69) is 21.2 Å². The minimum Gasteiger partial charge on any atom is -0.390 e. The highest BCUT2D eigenvalue weighted by Gasteiger charge is 2.57. The van der Waals surface area contributed by atoms with E-state index in [9.17, 15) is 18.3 Å². The van der Waals surface area contributed by atoms with Crippen LogP contribution >= 0.6 is 27.3 Å². The van der Waals surface area contributed by atoms with Crippen LogP contribution in [0.4, 0.5) is 0 Å². The summed E-state index contributed by atoms with van der Waals surface area (Å²) in [6, 6.07) is 3.38. The number of carbonyl (C=O) groups is 1. The number of amides is 1. The molecule has 0 radical (unpaired) electrons. The summed E-state index contributed by atoms with van der Waals surface area (Å²) < 4.78 is 28.9. The largest absolute Gasteiger partial charge is 0.390 e. The van der Waals surface area contributed by atoms with Crippen LogP contribution in [0.3, 0.4) is 0 Å². The summed E-state index contributed by atoms with van der Waals surface area (Å²) in [7, 11) is -3.72. The van der Waals surface area contributed by atoms with Gasteiger partial charge in [0.2, 0.25) is 5.91 Å². The highest BCUT2D eigenvalue weighted by atomic mass is 79.9. The summed E-state index contributed by atoms with van der Waals surface area (Å²) in [6.07, 6.45) is 5.74. The molecule has 1 saturated heterocycles. The molecule has 2 unspecified atom stereocenters. The summed E-state index contributed by atoms with van der Waals surface area (Å²) in [6.45, 7) is 2.13. The zero-order chi connectivity index (χ0) is 20.6. The third-order valence-corrected chi connectivity index (χ3v) is 11.8. The molecule has 0 aromatic carbocycles. The monoisotopic (exact) mass is 502 g/mol. The molecule has 9 heteroatoms. The van der Waals surface area contributed by atoms with Crippen LogP contribution in [0.15, 0.2) is 20.1 Å². The molecule has 4 bridgehead atoms. The summed E-state index contributed by atoms with van der Waals surface area (Å²) >= 11 is 4.51. The van der Waals surface area contributed by atoms with E-state index in [1.807, 2.05) is 0 Å². The lowest BCUT2D eigenvalue weighted by atomic mass is 9.52. The normalized spacial score (nSPS) is 41.8. The second-order valence-corrected chi connectivity index (χ2v) is 14.3. The molecular formula is C20H27BrN2O4S2. The Morgan fingerprint density at radius 1 is 1.28 bits per heavy atom. The molecule has 6 rings (SSSR count). The van der Waals surface area contributed by atoms with Gasteiger partial charge in [-0.2, -0.15) is 4.31 Å². The Morgan fingerprint density at radius 2 is 1.97 bits per heavy atom. The molecule has 1 amide bonds. The lowest BCUT2D eigenvalue weighted by molar-refractivity contribution is -0.150. The zero-order valence-corrected chi connectivity index (χ0v) is 19.7. The molecule has 1 aromatic heterocycles. The molecule has 6 nitrogen and oxygen atoms in total. The van der Waals surface area contributed by atoms with Crippen molar-refractivity contribution in [3.05, 3.63) is 15.9 Å². The number of halogens is 1. The van der Waals surface area contributed by atoms with E-state index in [0.717, 1.165) is 35.9 Å². The SMILES string of the molecule is C[C@]1(C(=O)NC2C3CC4CC2CC(O)(C4)C3)CCCN1S(=O)(=O)c1ccc(Br)s1. The van der Waals surface area contributed by atoms with Gasteiger partial charge >= 0.3 is 0 Å². The van der Waals surface area contributed by atoms with Crippen molar-refractivity contribution in [1.29, 1.82) is 0 Å². The summed E-state index contributed by atoms with van der Waals surface area (Å²) in [5.74, 6) is 0.998. The number of thiophene rings is 1. The first-order chi connectivity index (χ1) is 13.6. The molecule has 2 heterocycles. The maximum absolute atomic E-state index is 13.4. The second kappa shape index (κ2) is 6.76. The molecule has 0 spiro atoms. The lowest BCUT2D eigenvalue weighted by Crippen LogP contribution is -2.65. The van der Waals surface area contributed by atoms with Crippen LogP contribution in [0.25, 0.3) is 0 Å². The van der Waals surface area contributed by atoms with Gasteiger partial charge in [-0.1, -0.05) is 0 Å². The maximum atomic E-state index is 13.4. The zero-order valence-electron chi connectivity index (χ0n) is 16.4. The summed E-state index contributed by atoms with van der Waals surface area (Å²) in [5.41, 5.74) is -1.61. The highest BCUT2D eigenvalue weighted by molar-refractivity contribution is 9.11. The molecular weight excluding hydrogens is 476 g/mol. The van der Waals surface area contributed by atoms with Gasteiger partial charge in [-0.15, -0.1) is 11.3 Å². The predicted octanol–water partition coefficient (Wildman–Crippen LogP) is 3.11. The van der Waals surface area contributed by atoms with Gasteiger partial charge in [-0.25, -0.2) is 8.42 Å². The molecule has 4 aliphatic carbocycles. The Bertz CT molecular complexity index is 932. The van der Waals surface area contributed by atoms with E-state index in [4.69, 9.17) is 0 Å². The second-order valence-electron chi connectivity index (χ2n) is 9.71. The van der Waals surface area contributed by atoms with Crippen molar-refractivity contribution >= 4 is 43.2 Å². The van der Waals surface area contributed by atoms with E-state index < -0.39 is 21.2 Å². The number of nitrogens with zero attached hydrogens (tertiary/aromatic N) is 1. The van der Waals surface area contributed by atoms with Crippen LogP contribution in [0.5, 0.6) is 0 Å². The molecule has 29 heavy (non-hydrogen) atoms. The van der Waals surface area contributed by atoms with Crippen molar-refractivity contribution in [3.8, 4) is 0 Å². The van der Waals surface area contributed by atoms with Gasteiger partial charge in [0.25, 0.3) is 10.0 Å². The van der Waals surface area contributed by atoms with Gasteiger partial charge in [0.15, 0.2) is 0 Å². The van der Waals surface area contributed by atoms with E-state index in [1.54, 1.807) is 19.1 Å². The third kappa shape index (κ3) is 3.23. The Hall–Kier alpha value is -0.480. The number of sulfonamides is 1. The highest BCUT2D eigenvalue weighted by Crippen LogP contribution is 2.55. The number of aliphatic hydroxyl groups is 1. The lowest BCUT2D eigenvalue weighted by Gasteiger charge is -2.58. The van der Waals surface area contributed by atoms with Gasteiger partial charge in [0, 0.05) is 12.6 Å². The standard InChI is InChI=1S/C20H27BrN2O4S2/c1-19(5-2-6-23(19)29(26,27)16-4-3-15(21)28-16)18(24)22-17-13-7-12-8-14(17)11-20(25,9-12)10-13/h3-4,12-14,17,25H,2,5-11H2,1H3,(H,22,24)/t12?,13?,14?,17?,19-,20?/m1/s1. The average molecular weight is 503 g/mol. The number of hydrogen-bond acceptors (Lipinski definition) is 5. The molecule has 1 aromatic rings. The fraction of sp³-hybridized carbons (Fsp3) is 0.750. The number of nitrogens with one attached hydrogen (secondary N) is 1. The molecule has 2 N–H and O–H groups in total. The molecule has 5 aliphatic rings. The van der Waals surface area contributed by atoms with E-state index in [-0.39, 0.29) is 16.2 Å². The van der Waals surface area contributed by atoms with Crippen LogP contribution in [-0.2, 0) is 14.8 Å². The van der Waals surface area contributed by atoms with Crippen molar-refractivity contribution in [2.24, 2.45) is 17.8 Å². The Morgan fingerprint density at radius 3 is 2.55 bits per heavy atom. The molecule has 160 valence electrons. The van der Waals surface area contributed by atoms with E-state index in [0.29, 0.717) is 37.1 Å². The van der Waals surface area contributed by atoms with Crippen molar-refractivity contribution in [2.75, 3.05) is 6.54 Å². The minimum atomic E-state index is -3.72. The minimum absolute atomic E-state index is 0.0530. The maximum Gasteiger partial charge on any atom is 0.253 e. The van der Waals surface area contributed by atoms with Gasteiger partial charge in [-0.05, 0) is 97.7 Å². The van der Waals surface area contributed by atoms with Gasteiger partial charge in [0.05, 0.1) is 9.39 Å². The van der Waals surface area contributed by atoms with Gasteiger partial charge in [-0.3, -0.25) is 4.79 Å². The summed E-state index contributed by atoms with van der Waals surface area (Å²) in [4.78, 5) is 13.4. The first kappa shape index (κ1) is 20.4. The first-order valence-electron chi connectivity index (χ1n) is 10.4. The number of rotatable bonds is 4. The molecule has 5 fully saturated rings. The first-order valence-corrected chi connectivity index (χ1v) is 13.5. The van der Waals surface area contributed by atoms with Crippen LogP contribution in [0, 0.1) is 17.8 Å². The Balaban J connectivity index is 1.38. The van der Waals surface area contributed by atoms with Crippen LogP contribution in [0.1, 0.15) is 51.9 Å². The fourth-order valence-corrected chi connectivity index (χ4v) is 10.6. The Kier molecular flexibility index (Phi) is 4.76. The summed E-state index contributed by atoms with van der Waals surface area (Å²) in [5, 5.41) is 14.0. The van der Waals surface area contributed by atoms with Gasteiger partial charge < -0.3 is 10.4 Å². The van der Waals surface area contributed by atoms with Crippen LogP contribution in [-0.4, -0.2) is 47.5 Å². The topological polar surface area (TPSA) is 86.7 Å². The number of hydrogen-bond donors (Lipinski definition) is 2. The van der Waals surface area contributed by atoms with Crippen LogP contribution in [0.2, 0.25) is 0 Å².